The fourth-order valence-corrected chi connectivity index (χ4v) is 7.00. The van der Waals surface area contributed by atoms with Crippen LogP contribution in [0.1, 0.15) is 55.8 Å². The lowest BCUT2D eigenvalue weighted by Gasteiger charge is -2.51. The van der Waals surface area contributed by atoms with Gasteiger partial charge in [-0.05, 0) is 72.1 Å². The molecule has 1 aromatic rings. The highest BCUT2D eigenvalue weighted by molar-refractivity contribution is 5.73. The molecule has 1 heterocycles. The Morgan fingerprint density at radius 1 is 1.06 bits per heavy atom. The highest BCUT2D eigenvalue weighted by atomic mass is 16.7. The van der Waals surface area contributed by atoms with E-state index in [-0.39, 0.29) is 23.5 Å². The molecular formula is C24H32O10. The Bertz CT molecular complexity index is 954. The van der Waals surface area contributed by atoms with Crippen LogP contribution in [0, 0.1) is 17.3 Å². The minimum atomic E-state index is -1.82. The summed E-state index contributed by atoms with van der Waals surface area (Å²) in [6, 6.07) is 5.01. The van der Waals surface area contributed by atoms with Crippen LogP contribution in [0.3, 0.4) is 0 Å². The number of carboxylic acid groups (broad SMARTS) is 1. The van der Waals surface area contributed by atoms with E-state index in [1.807, 2.05) is 13.0 Å². The maximum Gasteiger partial charge on any atom is 0.335 e. The molecule has 1 aliphatic heterocycles. The van der Waals surface area contributed by atoms with Gasteiger partial charge in [-0.3, -0.25) is 0 Å². The van der Waals surface area contributed by atoms with E-state index in [0.29, 0.717) is 18.4 Å². The number of phenols is 1. The molecule has 1 saturated heterocycles. The van der Waals surface area contributed by atoms with Crippen molar-refractivity contribution in [1.29, 1.82) is 0 Å². The summed E-state index contributed by atoms with van der Waals surface area (Å²) in [5, 5.41) is 71.3. The summed E-state index contributed by atoms with van der Waals surface area (Å²) in [6.45, 7) is 2.00. The standard InChI is InChI=1S/C24H32O10/c1-24-5-4-11-10-3-2-9(25)6-13(10)16(7-12(11)14(24)8-15(26)21(24)30)33-23-19(29)17(27)18(28)20(34-23)22(31)32/h2-3,6,11-12,14-21,23,25-30H,4-5,7-8H2,1H3,(H,31,32)/t11-,12-,14+,15-,16+,17-,18-,19+,20-,21+,23+,24+/m1/s1. The van der Waals surface area contributed by atoms with Crippen molar-refractivity contribution in [1.82, 2.24) is 0 Å². The number of carbonyl (C=O) groups is 1. The van der Waals surface area contributed by atoms with E-state index in [1.165, 1.54) is 0 Å². The monoisotopic (exact) mass is 480 g/mol. The van der Waals surface area contributed by atoms with Crippen molar-refractivity contribution in [3.8, 4) is 5.75 Å². The predicted molar refractivity (Wildman–Crippen MR) is 115 cm³/mol. The first-order valence-electron chi connectivity index (χ1n) is 11.8. The zero-order chi connectivity index (χ0) is 24.5. The van der Waals surface area contributed by atoms with Gasteiger partial charge < -0.3 is 45.2 Å². The van der Waals surface area contributed by atoms with E-state index < -0.39 is 60.4 Å². The number of fused-ring (bicyclic) bond motifs is 5. The molecule has 0 radical (unpaired) electrons. The van der Waals surface area contributed by atoms with Crippen molar-refractivity contribution in [2.24, 2.45) is 17.3 Å². The first-order chi connectivity index (χ1) is 16.0. The van der Waals surface area contributed by atoms with E-state index in [2.05, 4.69) is 0 Å². The fraction of sp³-hybridized carbons (Fsp3) is 0.708. The van der Waals surface area contributed by atoms with E-state index in [9.17, 15) is 40.5 Å². The molecule has 2 saturated carbocycles. The number of ether oxygens (including phenoxy) is 2. The summed E-state index contributed by atoms with van der Waals surface area (Å²) < 4.78 is 11.4. The van der Waals surface area contributed by atoms with Crippen molar-refractivity contribution < 1.29 is 50.0 Å². The first kappa shape index (κ1) is 23.9. The summed E-state index contributed by atoms with van der Waals surface area (Å²) in [4.78, 5) is 11.5. The third kappa shape index (κ3) is 3.55. The Morgan fingerprint density at radius 2 is 1.79 bits per heavy atom. The molecule has 4 aliphatic rings. The lowest BCUT2D eigenvalue weighted by Crippen LogP contribution is -2.60. The van der Waals surface area contributed by atoms with Gasteiger partial charge in [0.2, 0.25) is 0 Å². The molecular weight excluding hydrogens is 448 g/mol. The summed E-state index contributed by atoms with van der Waals surface area (Å²) >= 11 is 0. The second kappa shape index (κ2) is 8.41. The second-order valence-electron chi connectivity index (χ2n) is 10.6. The number of benzene rings is 1. The molecule has 12 atom stereocenters. The van der Waals surface area contributed by atoms with Crippen LogP contribution in [0.15, 0.2) is 18.2 Å². The number of aliphatic carboxylic acids is 1. The van der Waals surface area contributed by atoms with Crippen LogP contribution < -0.4 is 0 Å². The maximum absolute atomic E-state index is 11.5. The molecule has 10 heteroatoms. The predicted octanol–water partition coefficient (Wildman–Crippen LogP) is -0.0126. The molecule has 3 aliphatic carbocycles. The van der Waals surface area contributed by atoms with Crippen molar-refractivity contribution in [3.05, 3.63) is 29.3 Å². The molecule has 7 N–H and O–H groups in total. The van der Waals surface area contributed by atoms with Crippen molar-refractivity contribution >= 4 is 5.97 Å². The van der Waals surface area contributed by atoms with Crippen LogP contribution in [-0.4, -0.2) is 84.6 Å². The molecule has 5 rings (SSSR count). The van der Waals surface area contributed by atoms with Crippen molar-refractivity contribution in [2.45, 2.75) is 87.5 Å². The van der Waals surface area contributed by atoms with Gasteiger partial charge in [0.15, 0.2) is 12.4 Å². The quantitative estimate of drug-likeness (QED) is 0.311. The normalized spacial score (nSPS) is 48.0. The van der Waals surface area contributed by atoms with Gasteiger partial charge in [-0.1, -0.05) is 13.0 Å². The zero-order valence-corrected chi connectivity index (χ0v) is 18.8. The Labute approximate surface area is 196 Å². The highest BCUT2D eigenvalue weighted by Gasteiger charge is 2.59. The summed E-state index contributed by atoms with van der Waals surface area (Å²) in [6.07, 6.45) is -8.50. The third-order valence-electron chi connectivity index (χ3n) is 8.82. The Morgan fingerprint density at radius 3 is 2.50 bits per heavy atom. The lowest BCUT2D eigenvalue weighted by atomic mass is 9.55. The molecule has 10 nitrogen and oxygen atoms in total. The smallest absolute Gasteiger partial charge is 0.335 e. The van der Waals surface area contributed by atoms with Gasteiger partial charge in [-0.2, -0.15) is 0 Å². The first-order valence-corrected chi connectivity index (χ1v) is 11.8. The lowest BCUT2D eigenvalue weighted by molar-refractivity contribution is -0.307. The van der Waals surface area contributed by atoms with E-state index >= 15 is 0 Å². The van der Waals surface area contributed by atoms with Gasteiger partial charge in [-0.15, -0.1) is 0 Å². The number of aliphatic hydroxyl groups excluding tert-OH is 5. The average Bonchev–Trinajstić information content (AvgIpc) is 3.03. The van der Waals surface area contributed by atoms with Crippen molar-refractivity contribution in [2.75, 3.05) is 0 Å². The Hall–Kier alpha value is -1.79. The molecule has 3 fully saturated rings. The molecule has 0 bridgehead atoms. The number of aliphatic hydroxyl groups is 5. The average molecular weight is 481 g/mol. The van der Waals surface area contributed by atoms with Gasteiger partial charge in [0.1, 0.15) is 24.1 Å². The SMILES string of the molecule is C[C@]12CC[C@@H]3c4ccc(O)cc4[C@@H](O[C@H]4O[C@@H](C(=O)O)[C@H](O)[C@@H](O)[C@@H]4O)C[C@H]3[C@@H]1C[C@@H](O)[C@@H]2O. The second-order valence-corrected chi connectivity index (χ2v) is 10.6. The van der Waals surface area contributed by atoms with Crippen LogP contribution in [0.4, 0.5) is 0 Å². The fourth-order valence-electron chi connectivity index (χ4n) is 7.00. The number of aromatic hydroxyl groups is 1. The minimum absolute atomic E-state index is 0.0145. The summed E-state index contributed by atoms with van der Waals surface area (Å²) in [5.74, 6) is -1.30. The highest BCUT2D eigenvalue weighted by Crippen LogP contribution is 2.62. The zero-order valence-electron chi connectivity index (χ0n) is 18.8. The molecule has 1 aromatic carbocycles. The summed E-state index contributed by atoms with van der Waals surface area (Å²) in [5.41, 5.74) is 1.19. The van der Waals surface area contributed by atoms with Gasteiger partial charge in [0, 0.05) is 0 Å². The molecule has 188 valence electrons. The molecule has 34 heavy (non-hydrogen) atoms. The number of phenolic OH excluding ortho intramolecular Hbond substituents is 1. The number of hydrogen-bond donors (Lipinski definition) is 7. The van der Waals surface area contributed by atoms with E-state index in [0.717, 1.165) is 18.4 Å². The van der Waals surface area contributed by atoms with Crippen LogP contribution >= 0.6 is 0 Å². The van der Waals surface area contributed by atoms with Gasteiger partial charge in [0.25, 0.3) is 0 Å². The minimum Gasteiger partial charge on any atom is -0.508 e. The molecule has 0 aromatic heterocycles. The van der Waals surface area contributed by atoms with Crippen LogP contribution in [-0.2, 0) is 14.3 Å². The van der Waals surface area contributed by atoms with Crippen LogP contribution in [0.2, 0.25) is 0 Å². The van der Waals surface area contributed by atoms with Crippen molar-refractivity contribution in [3.63, 3.8) is 0 Å². The molecule has 0 unspecified atom stereocenters. The molecule has 0 spiro atoms. The third-order valence-corrected chi connectivity index (χ3v) is 8.82. The largest absolute Gasteiger partial charge is 0.508 e. The number of rotatable bonds is 3. The van der Waals surface area contributed by atoms with Crippen LogP contribution in [0.25, 0.3) is 0 Å². The number of hydrogen-bond acceptors (Lipinski definition) is 9. The van der Waals surface area contributed by atoms with Crippen LogP contribution in [0.5, 0.6) is 5.75 Å². The van der Waals surface area contributed by atoms with Gasteiger partial charge in [-0.25, -0.2) is 4.79 Å². The topological polar surface area (TPSA) is 177 Å². The Balaban J connectivity index is 1.48. The van der Waals surface area contributed by atoms with Gasteiger partial charge >= 0.3 is 5.97 Å². The Kier molecular flexibility index (Phi) is 5.92. The van der Waals surface area contributed by atoms with E-state index in [1.54, 1.807) is 12.1 Å². The van der Waals surface area contributed by atoms with Gasteiger partial charge in [0.05, 0.1) is 18.3 Å². The maximum atomic E-state index is 11.5. The van der Waals surface area contributed by atoms with E-state index in [4.69, 9.17) is 9.47 Å². The summed E-state index contributed by atoms with van der Waals surface area (Å²) in [7, 11) is 0. The molecule has 0 amide bonds. The number of carboxylic acids is 1.